The van der Waals surface area contributed by atoms with Crippen LogP contribution in [0.3, 0.4) is 0 Å². The van der Waals surface area contributed by atoms with Crippen LogP contribution in [0.1, 0.15) is 24.6 Å². The molecule has 0 saturated carbocycles. The highest BCUT2D eigenvalue weighted by Crippen LogP contribution is 2.35. The van der Waals surface area contributed by atoms with E-state index in [-0.39, 0.29) is 23.9 Å². The van der Waals surface area contributed by atoms with Gasteiger partial charge in [0.25, 0.3) is 0 Å². The number of nitrogens with one attached hydrogen (secondary N) is 3. The summed E-state index contributed by atoms with van der Waals surface area (Å²) in [5, 5.41) is 7.79. The Balaban J connectivity index is 0.00000182. The van der Waals surface area contributed by atoms with Gasteiger partial charge in [-0.25, -0.2) is 0 Å². The van der Waals surface area contributed by atoms with E-state index in [4.69, 9.17) is 0 Å². The third-order valence-electron chi connectivity index (χ3n) is 4.83. The third kappa shape index (κ3) is 3.28. The number of aromatic amines is 1. The average Bonchev–Trinajstić information content (AvgIpc) is 2.96. The number of halogens is 1. The van der Waals surface area contributed by atoms with Gasteiger partial charge in [-0.3, -0.25) is 4.79 Å². The molecule has 0 radical (unpaired) electrons. The summed E-state index contributed by atoms with van der Waals surface area (Å²) in [4.78, 5) is 16.1. The van der Waals surface area contributed by atoms with Crippen LogP contribution in [0.5, 0.6) is 0 Å². The number of carbonyl (C=O) groups is 1. The second kappa shape index (κ2) is 6.90. The van der Waals surface area contributed by atoms with Gasteiger partial charge >= 0.3 is 0 Å². The van der Waals surface area contributed by atoms with Crippen molar-refractivity contribution in [3.8, 4) is 0 Å². The van der Waals surface area contributed by atoms with Crippen LogP contribution in [0.2, 0.25) is 0 Å². The summed E-state index contributed by atoms with van der Waals surface area (Å²) in [5.41, 5.74) is 4.06. The molecule has 5 heteroatoms. The van der Waals surface area contributed by atoms with Crippen molar-refractivity contribution in [1.29, 1.82) is 0 Å². The van der Waals surface area contributed by atoms with Crippen molar-refractivity contribution in [2.45, 2.75) is 25.3 Å². The number of hydrogen-bond donors (Lipinski definition) is 3. The summed E-state index contributed by atoms with van der Waals surface area (Å²) in [7, 11) is 0. The molecule has 1 amide bonds. The van der Waals surface area contributed by atoms with Crippen molar-refractivity contribution >= 4 is 34.9 Å². The molecule has 0 spiro atoms. The van der Waals surface area contributed by atoms with Gasteiger partial charge in [0.05, 0.1) is 12.0 Å². The lowest BCUT2D eigenvalue weighted by molar-refractivity contribution is -0.117. The first-order valence-corrected chi connectivity index (χ1v) is 8.36. The highest BCUT2D eigenvalue weighted by molar-refractivity contribution is 5.92. The van der Waals surface area contributed by atoms with Crippen molar-refractivity contribution in [1.82, 2.24) is 10.3 Å². The molecule has 1 aliphatic rings. The predicted octanol–water partition coefficient (Wildman–Crippen LogP) is 3.98. The summed E-state index contributed by atoms with van der Waals surface area (Å²) < 4.78 is 0. The molecule has 2 heterocycles. The number of hydrogen-bond acceptors (Lipinski definition) is 2. The lowest BCUT2D eigenvalue weighted by Crippen LogP contribution is -2.47. The Hall–Kier alpha value is -2.30. The summed E-state index contributed by atoms with van der Waals surface area (Å²) >= 11 is 0. The van der Waals surface area contributed by atoms with E-state index in [1.165, 1.54) is 10.9 Å². The van der Waals surface area contributed by atoms with Crippen molar-refractivity contribution in [3.63, 3.8) is 0 Å². The first-order chi connectivity index (χ1) is 11.7. The third-order valence-corrected chi connectivity index (χ3v) is 4.83. The molecule has 0 saturated heterocycles. The van der Waals surface area contributed by atoms with E-state index in [1.807, 2.05) is 36.4 Å². The molecule has 0 aliphatic carbocycles. The fraction of sp³-hybridized carbons (Fsp3) is 0.250. The van der Waals surface area contributed by atoms with E-state index in [9.17, 15) is 4.79 Å². The molecule has 1 aliphatic heterocycles. The number of rotatable bonds is 3. The second-order valence-corrected chi connectivity index (χ2v) is 6.62. The number of para-hydroxylation sites is 2. The van der Waals surface area contributed by atoms with Crippen molar-refractivity contribution in [2.24, 2.45) is 0 Å². The molecule has 3 N–H and O–H groups in total. The monoisotopic (exact) mass is 355 g/mol. The van der Waals surface area contributed by atoms with Gasteiger partial charge in [-0.1, -0.05) is 36.4 Å². The molecule has 130 valence electrons. The summed E-state index contributed by atoms with van der Waals surface area (Å²) in [5.74, 6) is 0.0164. The zero-order chi connectivity index (χ0) is 16.6. The highest BCUT2D eigenvalue weighted by atomic mass is 35.5. The minimum atomic E-state index is -0.383. The Morgan fingerprint density at radius 1 is 1.12 bits per heavy atom. The van der Waals surface area contributed by atoms with Gasteiger partial charge in [0.1, 0.15) is 0 Å². The van der Waals surface area contributed by atoms with Gasteiger partial charge in [-0.15, -0.1) is 12.4 Å². The molecule has 1 aromatic heterocycles. The second-order valence-electron chi connectivity index (χ2n) is 6.62. The van der Waals surface area contributed by atoms with Crippen LogP contribution in [-0.4, -0.2) is 17.4 Å². The molecule has 4 nitrogen and oxygen atoms in total. The topological polar surface area (TPSA) is 56.9 Å². The van der Waals surface area contributed by atoms with Gasteiger partial charge in [0.15, 0.2) is 0 Å². The van der Waals surface area contributed by atoms with Crippen LogP contribution in [-0.2, 0) is 16.8 Å². The average molecular weight is 356 g/mol. The van der Waals surface area contributed by atoms with Gasteiger partial charge < -0.3 is 15.6 Å². The van der Waals surface area contributed by atoms with Crippen LogP contribution in [0, 0.1) is 0 Å². The van der Waals surface area contributed by atoms with Crippen LogP contribution in [0.4, 0.5) is 5.69 Å². The Morgan fingerprint density at radius 2 is 1.84 bits per heavy atom. The zero-order valence-corrected chi connectivity index (χ0v) is 15.0. The van der Waals surface area contributed by atoms with Gasteiger partial charge in [-0.2, -0.15) is 0 Å². The minimum Gasteiger partial charge on any atom is -0.357 e. The summed E-state index contributed by atoms with van der Waals surface area (Å²) in [6.45, 7) is 2.98. The molecule has 3 aromatic rings. The zero-order valence-electron chi connectivity index (χ0n) is 14.1. The lowest BCUT2D eigenvalue weighted by atomic mass is 9.85. The Morgan fingerprint density at radius 3 is 2.64 bits per heavy atom. The number of H-pyrrole nitrogens is 1. The Kier molecular flexibility index (Phi) is 4.84. The summed E-state index contributed by atoms with van der Waals surface area (Å²) in [6.07, 6.45) is 1.37. The lowest BCUT2D eigenvalue weighted by Gasteiger charge is -2.34. The van der Waals surface area contributed by atoms with Crippen molar-refractivity contribution in [2.75, 3.05) is 11.9 Å². The molecule has 0 fully saturated rings. The molecule has 4 rings (SSSR count). The van der Waals surface area contributed by atoms with E-state index in [2.05, 4.69) is 40.7 Å². The molecule has 1 atom stereocenters. The first-order valence-electron chi connectivity index (χ1n) is 8.36. The quantitative estimate of drug-likeness (QED) is 0.665. The maximum absolute atomic E-state index is 12.5. The molecule has 2 aromatic carbocycles. The van der Waals surface area contributed by atoms with Gasteiger partial charge in [0, 0.05) is 28.8 Å². The number of anilines is 1. The van der Waals surface area contributed by atoms with E-state index in [0.717, 1.165) is 29.9 Å². The van der Waals surface area contributed by atoms with E-state index < -0.39 is 0 Å². The Bertz CT molecular complexity index is 890. The van der Waals surface area contributed by atoms with Gasteiger partial charge in [0.2, 0.25) is 5.91 Å². The number of fused-ring (bicyclic) bond motifs is 3. The first kappa shape index (κ1) is 17.5. The number of amides is 1. The number of benzene rings is 2. The normalized spacial score (nSPS) is 19.1. The largest absolute Gasteiger partial charge is 0.357 e. The van der Waals surface area contributed by atoms with Crippen LogP contribution in [0.25, 0.3) is 10.9 Å². The molecular weight excluding hydrogens is 334 g/mol. The fourth-order valence-corrected chi connectivity index (χ4v) is 3.68. The molecular formula is C20H22ClN3O. The molecule has 1 unspecified atom stereocenters. The van der Waals surface area contributed by atoms with Crippen molar-refractivity contribution in [3.05, 3.63) is 65.9 Å². The molecule has 25 heavy (non-hydrogen) atoms. The maximum Gasteiger partial charge on any atom is 0.226 e. The van der Waals surface area contributed by atoms with Crippen LogP contribution >= 0.6 is 12.4 Å². The number of aromatic nitrogens is 1. The van der Waals surface area contributed by atoms with Gasteiger partial charge in [-0.05, 0) is 37.1 Å². The fourth-order valence-electron chi connectivity index (χ4n) is 3.68. The maximum atomic E-state index is 12.5. The van der Waals surface area contributed by atoms with Crippen LogP contribution in [0.15, 0.2) is 54.6 Å². The SMILES string of the molecule is CC1(CC(=O)Nc2ccccc2)NCCc2c1[nH]c1ccccc21.Cl. The standard InChI is InChI=1S/C20H21N3O.ClH/c1-20(13-18(24)22-14-7-3-2-4-8-14)19-16(11-12-21-20)15-9-5-6-10-17(15)23-19;/h2-10,21,23H,11-13H2,1H3,(H,22,24);1H. The highest BCUT2D eigenvalue weighted by Gasteiger charge is 2.36. The summed E-state index contributed by atoms with van der Waals surface area (Å²) in [6, 6.07) is 18.0. The smallest absolute Gasteiger partial charge is 0.226 e. The van der Waals surface area contributed by atoms with E-state index in [1.54, 1.807) is 0 Å². The molecule has 0 bridgehead atoms. The number of carbonyl (C=O) groups excluding carboxylic acids is 1. The minimum absolute atomic E-state index is 0. The predicted molar refractivity (Wildman–Crippen MR) is 104 cm³/mol. The Labute approximate surface area is 153 Å². The van der Waals surface area contributed by atoms with Crippen molar-refractivity contribution < 1.29 is 4.79 Å². The van der Waals surface area contributed by atoms with E-state index >= 15 is 0 Å². The van der Waals surface area contributed by atoms with E-state index in [0.29, 0.717) is 6.42 Å². The van der Waals surface area contributed by atoms with Crippen LogP contribution < -0.4 is 10.6 Å².